The van der Waals surface area contributed by atoms with E-state index in [0.717, 1.165) is 17.8 Å². The zero-order chi connectivity index (χ0) is 15.2. The third kappa shape index (κ3) is 4.11. The lowest BCUT2D eigenvalue weighted by molar-refractivity contribution is -0.137. The minimum atomic E-state index is -0.838. The molecule has 6 nitrogen and oxygen atoms in total. The predicted octanol–water partition coefficient (Wildman–Crippen LogP) is 1.51. The first kappa shape index (κ1) is 15.2. The number of aliphatic carboxylic acids is 1. The van der Waals surface area contributed by atoms with Gasteiger partial charge in [-0.25, -0.2) is 4.79 Å². The average Bonchev–Trinajstić information content (AvgIpc) is 2.63. The number of hydrogen-bond donors (Lipinski definition) is 2. The number of likely N-dealkylation sites (N-methyl/N-ethyl adjacent to an activating group) is 1. The molecule has 2 rings (SSSR count). The maximum atomic E-state index is 12.2. The van der Waals surface area contributed by atoms with Crippen molar-refractivity contribution in [1.82, 2.24) is 10.2 Å². The number of carboxylic acid groups (broad SMARTS) is 1. The molecule has 1 aliphatic rings. The smallest absolute Gasteiger partial charge is 0.317 e. The summed E-state index contributed by atoms with van der Waals surface area (Å²) < 4.78 is 0. The van der Waals surface area contributed by atoms with Gasteiger partial charge in [0.15, 0.2) is 0 Å². The van der Waals surface area contributed by atoms with Crippen molar-refractivity contribution in [3.63, 3.8) is 0 Å². The summed E-state index contributed by atoms with van der Waals surface area (Å²) in [5, 5.41) is 11.4. The van der Waals surface area contributed by atoms with Crippen LogP contribution in [0.1, 0.15) is 18.4 Å². The topological polar surface area (TPSA) is 72.9 Å². The number of rotatable bonds is 4. The largest absolute Gasteiger partial charge is 0.481 e. The van der Waals surface area contributed by atoms with E-state index < -0.39 is 5.97 Å². The Labute approximate surface area is 124 Å². The molecule has 0 spiro atoms. The van der Waals surface area contributed by atoms with Gasteiger partial charge in [-0.3, -0.25) is 4.79 Å². The van der Waals surface area contributed by atoms with Crippen LogP contribution >= 0.6 is 0 Å². The molecule has 1 heterocycles. The Balaban J connectivity index is 1.92. The van der Waals surface area contributed by atoms with E-state index in [2.05, 4.69) is 16.3 Å². The molecule has 6 heteroatoms. The molecule has 1 aromatic carbocycles. The number of fused-ring (bicyclic) bond motifs is 1. The standard InChI is InChI=1S/C15H21N3O3/c1-17-9-10-18(11-12-5-2-3-6-13(12)17)15(21)16-8-4-7-14(19)20/h2-3,5-6H,4,7-11H2,1H3,(H,16,21)(H,19,20). The van der Waals surface area contributed by atoms with Crippen LogP contribution in [0.5, 0.6) is 0 Å². The van der Waals surface area contributed by atoms with Crippen molar-refractivity contribution in [2.45, 2.75) is 19.4 Å². The van der Waals surface area contributed by atoms with Crippen molar-refractivity contribution in [3.05, 3.63) is 29.8 Å². The third-order valence-corrected chi connectivity index (χ3v) is 3.60. The number of benzene rings is 1. The molecule has 2 amide bonds. The summed E-state index contributed by atoms with van der Waals surface area (Å²) in [6.07, 6.45) is 0.525. The molecule has 0 radical (unpaired) electrons. The Hall–Kier alpha value is -2.24. The second-order valence-corrected chi connectivity index (χ2v) is 5.20. The van der Waals surface area contributed by atoms with Gasteiger partial charge in [0.05, 0.1) is 0 Å². The van der Waals surface area contributed by atoms with E-state index in [1.165, 1.54) is 0 Å². The SMILES string of the molecule is CN1CCN(C(=O)NCCCC(=O)O)Cc2ccccc21. The molecule has 0 aromatic heterocycles. The van der Waals surface area contributed by atoms with Crippen LogP contribution in [0, 0.1) is 0 Å². The van der Waals surface area contributed by atoms with Crippen LogP contribution in [-0.2, 0) is 11.3 Å². The number of carbonyl (C=O) groups excluding carboxylic acids is 1. The van der Waals surface area contributed by atoms with E-state index in [1.807, 2.05) is 25.2 Å². The lowest BCUT2D eigenvalue weighted by Gasteiger charge is -2.21. The molecule has 0 saturated carbocycles. The maximum Gasteiger partial charge on any atom is 0.317 e. The van der Waals surface area contributed by atoms with Crippen LogP contribution in [0.25, 0.3) is 0 Å². The van der Waals surface area contributed by atoms with Crippen LogP contribution in [0.15, 0.2) is 24.3 Å². The Morgan fingerprint density at radius 1 is 1.29 bits per heavy atom. The molecule has 1 aromatic rings. The van der Waals surface area contributed by atoms with Gasteiger partial charge in [0, 0.05) is 45.3 Å². The van der Waals surface area contributed by atoms with Crippen LogP contribution in [0.4, 0.5) is 10.5 Å². The third-order valence-electron chi connectivity index (χ3n) is 3.60. The molecule has 0 atom stereocenters. The maximum absolute atomic E-state index is 12.2. The zero-order valence-electron chi connectivity index (χ0n) is 12.2. The molecule has 0 fully saturated rings. The zero-order valence-corrected chi connectivity index (χ0v) is 12.2. The van der Waals surface area contributed by atoms with Gasteiger partial charge in [-0.15, -0.1) is 0 Å². The average molecular weight is 291 g/mol. The van der Waals surface area contributed by atoms with Crippen molar-refractivity contribution < 1.29 is 14.7 Å². The Morgan fingerprint density at radius 2 is 2.05 bits per heavy atom. The van der Waals surface area contributed by atoms with Gasteiger partial charge in [-0.2, -0.15) is 0 Å². The Bertz CT molecular complexity index is 519. The fourth-order valence-electron chi connectivity index (χ4n) is 2.41. The highest BCUT2D eigenvalue weighted by Gasteiger charge is 2.20. The molecule has 0 bridgehead atoms. The molecular weight excluding hydrogens is 270 g/mol. The molecule has 0 aliphatic carbocycles. The quantitative estimate of drug-likeness (QED) is 0.825. The van der Waals surface area contributed by atoms with Gasteiger partial charge < -0.3 is 20.2 Å². The number of amides is 2. The van der Waals surface area contributed by atoms with Gasteiger partial charge >= 0.3 is 12.0 Å². The summed E-state index contributed by atoms with van der Waals surface area (Å²) in [6.45, 7) is 2.39. The molecule has 0 unspecified atom stereocenters. The van der Waals surface area contributed by atoms with Crippen LogP contribution in [0.3, 0.4) is 0 Å². The number of nitrogens with zero attached hydrogens (tertiary/aromatic N) is 2. The Morgan fingerprint density at radius 3 is 2.81 bits per heavy atom. The van der Waals surface area contributed by atoms with E-state index in [-0.39, 0.29) is 12.5 Å². The van der Waals surface area contributed by atoms with Crippen molar-refractivity contribution >= 4 is 17.7 Å². The van der Waals surface area contributed by atoms with E-state index in [1.54, 1.807) is 4.90 Å². The first-order valence-electron chi connectivity index (χ1n) is 7.11. The fraction of sp³-hybridized carbons (Fsp3) is 0.467. The molecule has 2 N–H and O–H groups in total. The lowest BCUT2D eigenvalue weighted by atomic mass is 10.1. The van der Waals surface area contributed by atoms with E-state index >= 15 is 0 Å². The number of para-hydroxylation sites is 1. The van der Waals surface area contributed by atoms with Crippen molar-refractivity contribution in [3.8, 4) is 0 Å². The number of carboxylic acids is 1. The summed E-state index contributed by atoms with van der Waals surface area (Å²) in [5.74, 6) is -0.838. The highest BCUT2D eigenvalue weighted by Crippen LogP contribution is 2.23. The number of anilines is 1. The first-order valence-corrected chi connectivity index (χ1v) is 7.11. The fourth-order valence-corrected chi connectivity index (χ4v) is 2.41. The van der Waals surface area contributed by atoms with E-state index in [4.69, 9.17) is 5.11 Å². The lowest BCUT2D eigenvalue weighted by Crippen LogP contribution is -2.41. The van der Waals surface area contributed by atoms with Gasteiger partial charge in [-0.1, -0.05) is 18.2 Å². The summed E-state index contributed by atoms with van der Waals surface area (Å²) in [6, 6.07) is 7.93. The van der Waals surface area contributed by atoms with Gasteiger partial charge in [-0.05, 0) is 18.1 Å². The minimum Gasteiger partial charge on any atom is -0.481 e. The van der Waals surface area contributed by atoms with E-state index in [0.29, 0.717) is 26.1 Å². The van der Waals surface area contributed by atoms with Crippen molar-refractivity contribution in [2.75, 3.05) is 31.6 Å². The van der Waals surface area contributed by atoms with Crippen molar-refractivity contribution in [1.29, 1.82) is 0 Å². The van der Waals surface area contributed by atoms with Crippen molar-refractivity contribution in [2.24, 2.45) is 0 Å². The molecule has 0 saturated heterocycles. The van der Waals surface area contributed by atoms with E-state index in [9.17, 15) is 9.59 Å². The summed E-state index contributed by atoms with van der Waals surface area (Å²) in [7, 11) is 2.02. The summed E-state index contributed by atoms with van der Waals surface area (Å²) in [5.41, 5.74) is 2.27. The number of nitrogens with one attached hydrogen (secondary N) is 1. The second-order valence-electron chi connectivity index (χ2n) is 5.20. The van der Waals surface area contributed by atoms with Crippen LogP contribution < -0.4 is 10.2 Å². The first-order chi connectivity index (χ1) is 10.1. The number of urea groups is 1. The monoisotopic (exact) mass is 291 g/mol. The van der Waals surface area contributed by atoms with Gasteiger partial charge in [0.2, 0.25) is 0 Å². The molecular formula is C15H21N3O3. The van der Waals surface area contributed by atoms with Gasteiger partial charge in [0.1, 0.15) is 0 Å². The summed E-state index contributed by atoms with van der Waals surface area (Å²) in [4.78, 5) is 26.5. The Kier molecular flexibility index (Phi) is 5.03. The predicted molar refractivity (Wildman–Crippen MR) is 80.4 cm³/mol. The second kappa shape index (κ2) is 6.97. The number of carbonyl (C=O) groups is 2. The minimum absolute atomic E-state index is 0.0752. The summed E-state index contributed by atoms with van der Waals surface area (Å²) >= 11 is 0. The number of hydrogen-bond acceptors (Lipinski definition) is 3. The molecule has 1 aliphatic heterocycles. The highest BCUT2D eigenvalue weighted by molar-refractivity contribution is 5.75. The molecule has 21 heavy (non-hydrogen) atoms. The van der Waals surface area contributed by atoms with Crippen LogP contribution in [0.2, 0.25) is 0 Å². The van der Waals surface area contributed by atoms with Gasteiger partial charge in [0.25, 0.3) is 0 Å². The normalized spacial score (nSPS) is 14.3. The molecule has 114 valence electrons. The van der Waals surface area contributed by atoms with Crippen LogP contribution in [-0.4, -0.2) is 48.7 Å². The highest BCUT2D eigenvalue weighted by atomic mass is 16.4.